The molecule has 5 N–H and O–H groups in total. The van der Waals surface area contributed by atoms with E-state index in [1.54, 1.807) is 0 Å². The fraction of sp³-hybridized carbons (Fsp3) is 1.00. The van der Waals surface area contributed by atoms with Crippen LogP contribution in [0.4, 0.5) is 0 Å². The summed E-state index contributed by atoms with van der Waals surface area (Å²) in [6, 6.07) is -0.499. The first-order valence-electron chi connectivity index (χ1n) is 5.31. The van der Waals surface area contributed by atoms with Gasteiger partial charge in [-0.05, 0) is 13.0 Å². The zero-order valence-electron chi connectivity index (χ0n) is 8.45. The van der Waals surface area contributed by atoms with Gasteiger partial charge in [-0.2, -0.15) is 0 Å². The van der Waals surface area contributed by atoms with Gasteiger partial charge in [0.1, 0.15) is 18.3 Å². The lowest BCUT2D eigenvalue weighted by Crippen LogP contribution is -2.72. The largest absolute Gasteiger partial charge is 0.395 e. The molecule has 2 aliphatic rings. The van der Waals surface area contributed by atoms with Gasteiger partial charge in [-0.1, -0.05) is 0 Å². The highest BCUT2D eigenvalue weighted by molar-refractivity contribution is 5.00. The molecule has 0 spiro atoms. The van der Waals surface area contributed by atoms with E-state index < -0.39 is 24.4 Å². The van der Waals surface area contributed by atoms with Crippen molar-refractivity contribution in [2.75, 3.05) is 19.7 Å². The molecule has 0 amide bonds. The number of piperidine rings is 1. The fourth-order valence-corrected chi connectivity index (χ4v) is 2.48. The summed E-state index contributed by atoms with van der Waals surface area (Å²) in [7, 11) is 0. The molecule has 0 aromatic carbocycles. The molecule has 0 saturated carbocycles. The molecular weight excluding hydrogens is 200 g/mol. The van der Waals surface area contributed by atoms with E-state index in [0.717, 1.165) is 13.0 Å². The van der Waals surface area contributed by atoms with Crippen molar-refractivity contribution in [3.8, 4) is 0 Å². The summed E-state index contributed by atoms with van der Waals surface area (Å²) >= 11 is 0. The molecule has 15 heavy (non-hydrogen) atoms. The molecule has 0 aliphatic carbocycles. The molecule has 2 heterocycles. The van der Waals surface area contributed by atoms with E-state index in [0.29, 0.717) is 6.54 Å². The molecule has 1 unspecified atom stereocenters. The SMILES string of the molecule is OC[C@@H]1[C@@H](O)[C@H](O)[C@H](O)C2NCCCN21. The second-order valence-corrected chi connectivity index (χ2v) is 4.21. The van der Waals surface area contributed by atoms with E-state index >= 15 is 0 Å². The molecule has 0 aromatic rings. The molecular formula is C9H18N2O4. The van der Waals surface area contributed by atoms with Crippen molar-refractivity contribution in [2.24, 2.45) is 0 Å². The number of aliphatic hydroxyl groups is 4. The maximum absolute atomic E-state index is 9.76. The third kappa shape index (κ3) is 1.77. The molecule has 6 nitrogen and oxygen atoms in total. The van der Waals surface area contributed by atoms with Crippen LogP contribution in [0.5, 0.6) is 0 Å². The Morgan fingerprint density at radius 1 is 1.13 bits per heavy atom. The van der Waals surface area contributed by atoms with Crippen LogP contribution in [0, 0.1) is 0 Å². The van der Waals surface area contributed by atoms with E-state index in [1.807, 2.05) is 4.90 Å². The highest BCUT2D eigenvalue weighted by Crippen LogP contribution is 2.25. The van der Waals surface area contributed by atoms with Crippen molar-refractivity contribution in [1.29, 1.82) is 0 Å². The smallest absolute Gasteiger partial charge is 0.111 e. The first-order chi connectivity index (χ1) is 7.16. The fourth-order valence-electron chi connectivity index (χ4n) is 2.48. The van der Waals surface area contributed by atoms with Gasteiger partial charge in [-0.3, -0.25) is 10.2 Å². The van der Waals surface area contributed by atoms with Gasteiger partial charge in [0, 0.05) is 6.54 Å². The van der Waals surface area contributed by atoms with E-state index in [2.05, 4.69) is 5.32 Å². The maximum atomic E-state index is 9.76. The minimum absolute atomic E-state index is 0.219. The van der Waals surface area contributed by atoms with Crippen molar-refractivity contribution in [1.82, 2.24) is 10.2 Å². The molecule has 2 aliphatic heterocycles. The van der Waals surface area contributed by atoms with Crippen molar-refractivity contribution < 1.29 is 20.4 Å². The third-order valence-corrected chi connectivity index (χ3v) is 3.33. The van der Waals surface area contributed by atoms with Crippen LogP contribution in [-0.4, -0.2) is 75.5 Å². The average Bonchev–Trinajstić information content (AvgIpc) is 2.27. The Bertz CT molecular complexity index is 216. The van der Waals surface area contributed by atoms with Gasteiger partial charge in [-0.15, -0.1) is 0 Å². The molecule has 0 radical (unpaired) electrons. The molecule has 0 aromatic heterocycles. The highest BCUT2D eigenvalue weighted by atomic mass is 16.4. The molecule has 5 atom stereocenters. The van der Waals surface area contributed by atoms with Gasteiger partial charge in [0.05, 0.1) is 18.8 Å². The predicted octanol–water partition coefficient (Wildman–Crippen LogP) is -2.93. The first kappa shape index (κ1) is 11.3. The van der Waals surface area contributed by atoms with E-state index in [9.17, 15) is 20.4 Å². The van der Waals surface area contributed by atoms with E-state index in [4.69, 9.17) is 0 Å². The molecule has 88 valence electrons. The molecule has 2 rings (SSSR count). The van der Waals surface area contributed by atoms with Crippen LogP contribution >= 0.6 is 0 Å². The van der Waals surface area contributed by atoms with Crippen LogP contribution in [0.3, 0.4) is 0 Å². The minimum atomic E-state index is -1.20. The van der Waals surface area contributed by atoms with Gasteiger partial charge < -0.3 is 20.4 Å². The minimum Gasteiger partial charge on any atom is -0.395 e. The average molecular weight is 218 g/mol. The zero-order chi connectivity index (χ0) is 11.0. The standard InChI is InChI=1S/C9H18N2O4/c12-4-5-6(13)7(14)8(15)9-10-2-1-3-11(5)9/h5-10,12-15H,1-4H2/t5-,6-,7+,8+,9?/m1/s1. The number of nitrogens with one attached hydrogen (secondary N) is 1. The van der Waals surface area contributed by atoms with Crippen LogP contribution in [0.2, 0.25) is 0 Å². The number of hydrogen-bond donors (Lipinski definition) is 5. The van der Waals surface area contributed by atoms with Gasteiger partial charge in [-0.25, -0.2) is 0 Å². The van der Waals surface area contributed by atoms with Gasteiger partial charge in [0.15, 0.2) is 0 Å². The van der Waals surface area contributed by atoms with Crippen molar-refractivity contribution >= 4 is 0 Å². The third-order valence-electron chi connectivity index (χ3n) is 3.33. The maximum Gasteiger partial charge on any atom is 0.111 e. The Hall–Kier alpha value is -0.240. The Morgan fingerprint density at radius 3 is 2.53 bits per heavy atom. The topological polar surface area (TPSA) is 96.2 Å². The summed E-state index contributed by atoms with van der Waals surface area (Å²) in [6.45, 7) is 1.27. The first-order valence-corrected chi connectivity index (χ1v) is 5.31. The van der Waals surface area contributed by atoms with Gasteiger partial charge in [0.2, 0.25) is 0 Å². The lowest BCUT2D eigenvalue weighted by Gasteiger charge is -2.51. The Morgan fingerprint density at radius 2 is 1.87 bits per heavy atom. The summed E-state index contributed by atoms with van der Waals surface area (Å²) in [5, 5.41) is 41.3. The van der Waals surface area contributed by atoms with Crippen LogP contribution < -0.4 is 5.32 Å². The molecule has 2 fully saturated rings. The molecule has 6 heteroatoms. The molecule has 2 saturated heterocycles. The number of rotatable bonds is 1. The summed E-state index contributed by atoms with van der Waals surface area (Å²) in [4.78, 5) is 1.82. The Balaban J connectivity index is 2.18. The second-order valence-electron chi connectivity index (χ2n) is 4.21. The number of aliphatic hydroxyl groups excluding tert-OH is 4. The van der Waals surface area contributed by atoms with Crippen LogP contribution in [0.1, 0.15) is 6.42 Å². The zero-order valence-corrected chi connectivity index (χ0v) is 8.45. The van der Waals surface area contributed by atoms with Crippen molar-refractivity contribution in [3.05, 3.63) is 0 Å². The van der Waals surface area contributed by atoms with Crippen molar-refractivity contribution in [2.45, 2.75) is 36.9 Å². The molecule has 0 bridgehead atoms. The number of nitrogens with zero attached hydrogens (tertiary/aromatic N) is 1. The summed E-state index contributed by atoms with van der Waals surface area (Å²) < 4.78 is 0. The number of hydrogen-bond acceptors (Lipinski definition) is 6. The van der Waals surface area contributed by atoms with E-state index in [-0.39, 0.29) is 12.8 Å². The van der Waals surface area contributed by atoms with Crippen LogP contribution in [0.25, 0.3) is 0 Å². The highest BCUT2D eigenvalue weighted by Gasteiger charge is 2.47. The Kier molecular flexibility index (Phi) is 3.24. The monoisotopic (exact) mass is 218 g/mol. The van der Waals surface area contributed by atoms with Crippen LogP contribution in [-0.2, 0) is 0 Å². The lowest BCUT2D eigenvalue weighted by atomic mass is 9.90. The summed E-state index contributed by atoms with van der Waals surface area (Å²) in [6.07, 6.45) is -2.77. The predicted molar refractivity (Wildman–Crippen MR) is 52.0 cm³/mol. The van der Waals surface area contributed by atoms with E-state index in [1.165, 1.54) is 0 Å². The quantitative estimate of drug-likeness (QED) is 0.323. The summed E-state index contributed by atoms with van der Waals surface area (Å²) in [5.74, 6) is 0. The van der Waals surface area contributed by atoms with Gasteiger partial charge in [0.25, 0.3) is 0 Å². The normalized spacial score (nSPS) is 47.6. The van der Waals surface area contributed by atoms with Gasteiger partial charge >= 0.3 is 0 Å². The van der Waals surface area contributed by atoms with Crippen molar-refractivity contribution in [3.63, 3.8) is 0 Å². The summed E-state index contributed by atoms with van der Waals surface area (Å²) in [5.41, 5.74) is 0. The second kappa shape index (κ2) is 4.32. The number of fused-ring (bicyclic) bond motifs is 1. The van der Waals surface area contributed by atoms with Crippen LogP contribution in [0.15, 0.2) is 0 Å². The lowest BCUT2D eigenvalue weighted by molar-refractivity contribution is -0.183. The Labute approximate surface area is 88.1 Å².